The number of nitrogens with zero attached hydrogens (tertiary/aromatic N) is 1. The first-order chi connectivity index (χ1) is 9.40. The normalized spacial score (nSPS) is 23.4. The summed E-state index contributed by atoms with van der Waals surface area (Å²) < 4.78 is 27.2. The van der Waals surface area contributed by atoms with Crippen LogP contribution in [0.3, 0.4) is 0 Å². The molecule has 110 valence electrons. The van der Waals surface area contributed by atoms with Crippen LogP contribution in [0.15, 0.2) is 29.2 Å². The number of piperidine rings is 1. The number of rotatable bonds is 4. The molecule has 0 bridgehead atoms. The first-order valence-corrected chi connectivity index (χ1v) is 7.87. The molecule has 0 radical (unpaired) electrons. The minimum absolute atomic E-state index is 0.198. The zero-order valence-electron chi connectivity index (χ0n) is 11.1. The van der Waals surface area contributed by atoms with E-state index in [0.717, 1.165) is 6.54 Å². The van der Waals surface area contributed by atoms with Gasteiger partial charge in [0.1, 0.15) is 0 Å². The summed E-state index contributed by atoms with van der Waals surface area (Å²) in [6.45, 7) is 2.71. The van der Waals surface area contributed by atoms with Crippen molar-refractivity contribution in [3.8, 4) is 0 Å². The predicted molar refractivity (Wildman–Crippen MR) is 73.9 cm³/mol. The first-order valence-electron chi connectivity index (χ1n) is 6.39. The summed E-state index contributed by atoms with van der Waals surface area (Å²) in [4.78, 5) is 9.95. The van der Waals surface area contributed by atoms with E-state index in [0.29, 0.717) is 12.8 Å². The zero-order valence-corrected chi connectivity index (χ0v) is 11.9. The van der Waals surface area contributed by atoms with Crippen molar-refractivity contribution < 1.29 is 13.3 Å². The van der Waals surface area contributed by atoms with Crippen LogP contribution in [0.4, 0.5) is 5.69 Å². The highest BCUT2D eigenvalue weighted by Crippen LogP contribution is 2.23. The van der Waals surface area contributed by atoms with Crippen molar-refractivity contribution in [1.82, 2.24) is 10.0 Å². The van der Waals surface area contributed by atoms with Crippen molar-refractivity contribution >= 4 is 15.7 Å². The fourth-order valence-electron chi connectivity index (χ4n) is 2.36. The molecule has 7 nitrogen and oxygen atoms in total. The average molecular weight is 299 g/mol. The lowest BCUT2D eigenvalue weighted by Gasteiger charge is -2.28. The topological polar surface area (TPSA) is 101 Å². The standard InChI is InChI=1S/C12H17N3O4S/c1-9-8-10(6-7-13-9)14-20(18,19)12-5-3-2-4-11(12)15(16)17/h2-5,9-10,13-14H,6-8H2,1H3. The van der Waals surface area contributed by atoms with Gasteiger partial charge < -0.3 is 5.32 Å². The maximum atomic E-state index is 12.3. The van der Waals surface area contributed by atoms with Crippen LogP contribution in [0.1, 0.15) is 19.8 Å². The van der Waals surface area contributed by atoms with E-state index < -0.39 is 20.6 Å². The third kappa shape index (κ3) is 3.33. The van der Waals surface area contributed by atoms with Crippen LogP contribution in [0.25, 0.3) is 0 Å². The van der Waals surface area contributed by atoms with Gasteiger partial charge in [0.25, 0.3) is 5.69 Å². The van der Waals surface area contributed by atoms with Crippen LogP contribution >= 0.6 is 0 Å². The van der Waals surface area contributed by atoms with Crippen molar-refractivity contribution in [3.63, 3.8) is 0 Å². The van der Waals surface area contributed by atoms with Gasteiger partial charge in [-0.25, -0.2) is 13.1 Å². The van der Waals surface area contributed by atoms with E-state index in [1.807, 2.05) is 6.92 Å². The summed E-state index contributed by atoms with van der Waals surface area (Å²) in [5.41, 5.74) is -0.401. The Bertz CT molecular complexity index is 602. The van der Waals surface area contributed by atoms with Gasteiger partial charge in [-0.15, -0.1) is 0 Å². The van der Waals surface area contributed by atoms with Gasteiger partial charge in [0.2, 0.25) is 10.0 Å². The number of benzene rings is 1. The molecule has 1 saturated heterocycles. The molecule has 1 aliphatic heterocycles. The molecular formula is C12H17N3O4S. The van der Waals surface area contributed by atoms with E-state index in [1.165, 1.54) is 24.3 Å². The molecule has 0 saturated carbocycles. The van der Waals surface area contributed by atoms with Crippen LogP contribution in [0.5, 0.6) is 0 Å². The summed E-state index contributed by atoms with van der Waals surface area (Å²) in [5, 5.41) is 14.1. The lowest BCUT2D eigenvalue weighted by Crippen LogP contribution is -2.46. The molecule has 0 amide bonds. The Labute approximate surface area is 117 Å². The summed E-state index contributed by atoms with van der Waals surface area (Å²) in [6, 6.07) is 5.40. The maximum Gasteiger partial charge on any atom is 0.289 e. The summed E-state index contributed by atoms with van der Waals surface area (Å²) >= 11 is 0. The minimum atomic E-state index is -3.88. The third-order valence-electron chi connectivity index (χ3n) is 3.30. The van der Waals surface area contributed by atoms with Crippen LogP contribution in [0, 0.1) is 10.1 Å². The highest BCUT2D eigenvalue weighted by molar-refractivity contribution is 7.89. The highest BCUT2D eigenvalue weighted by Gasteiger charge is 2.29. The van der Waals surface area contributed by atoms with Crippen LogP contribution in [-0.4, -0.2) is 32.0 Å². The minimum Gasteiger partial charge on any atom is -0.314 e. The molecule has 8 heteroatoms. The smallest absolute Gasteiger partial charge is 0.289 e. The molecule has 2 N–H and O–H groups in total. The Morgan fingerprint density at radius 2 is 2.10 bits per heavy atom. The molecule has 0 spiro atoms. The van der Waals surface area contributed by atoms with Gasteiger partial charge in [-0.05, 0) is 32.4 Å². The molecule has 20 heavy (non-hydrogen) atoms. The number of para-hydroxylation sites is 1. The molecule has 2 atom stereocenters. The van der Waals surface area contributed by atoms with E-state index >= 15 is 0 Å². The molecule has 1 aromatic carbocycles. The Hall–Kier alpha value is -1.51. The quantitative estimate of drug-likeness (QED) is 0.638. The SMILES string of the molecule is CC1CC(NS(=O)(=O)c2ccccc2[N+](=O)[O-])CCN1. The van der Waals surface area contributed by atoms with Gasteiger partial charge >= 0.3 is 0 Å². The number of nitro benzene ring substituents is 1. The van der Waals surface area contributed by atoms with Gasteiger partial charge in [0.05, 0.1) is 4.92 Å². The van der Waals surface area contributed by atoms with E-state index in [4.69, 9.17) is 0 Å². The molecule has 1 aromatic rings. The number of hydrogen-bond donors (Lipinski definition) is 2. The number of sulfonamides is 1. The van der Waals surface area contributed by atoms with Gasteiger partial charge in [-0.1, -0.05) is 12.1 Å². The second-order valence-electron chi connectivity index (χ2n) is 4.92. The molecular weight excluding hydrogens is 282 g/mol. The molecule has 0 aromatic heterocycles. The van der Waals surface area contributed by atoms with Crippen LogP contribution < -0.4 is 10.0 Å². The summed E-state index contributed by atoms with van der Waals surface area (Å²) in [5.74, 6) is 0. The number of nitrogens with one attached hydrogen (secondary N) is 2. The van der Waals surface area contributed by atoms with E-state index in [-0.39, 0.29) is 17.0 Å². The summed E-state index contributed by atoms with van der Waals surface area (Å²) in [7, 11) is -3.88. The fourth-order valence-corrected chi connectivity index (χ4v) is 3.81. The number of nitro groups is 1. The largest absolute Gasteiger partial charge is 0.314 e. The monoisotopic (exact) mass is 299 g/mol. The van der Waals surface area contributed by atoms with E-state index in [2.05, 4.69) is 10.0 Å². The lowest BCUT2D eigenvalue weighted by atomic mass is 10.0. The average Bonchev–Trinajstić information content (AvgIpc) is 2.38. The molecule has 0 aliphatic carbocycles. The third-order valence-corrected chi connectivity index (χ3v) is 4.86. The van der Waals surface area contributed by atoms with Gasteiger partial charge in [0, 0.05) is 18.2 Å². The van der Waals surface area contributed by atoms with Crippen molar-refractivity contribution in [1.29, 1.82) is 0 Å². The fraction of sp³-hybridized carbons (Fsp3) is 0.500. The second-order valence-corrected chi connectivity index (χ2v) is 6.60. The van der Waals surface area contributed by atoms with Crippen molar-refractivity contribution in [3.05, 3.63) is 34.4 Å². The number of hydrogen-bond acceptors (Lipinski definition) is 5. The summed E-state index contributed by atoms with van der Waals surface area (Å²) in [6.07, 6.45) is 1.34. The predicted octanol–water partition coefficient (Wildman–Crippen LogP) is 1.01. The van der Waals surface area contributed by atoms with Gasteiger partial charge in [-0.3, -0.25) is 10.1 Å². The van der Waals surface area contributed by atoms with Crippen LogP contribution in [-0.2, 0) is 10.0 Å². The van der Waals surface area contributed by atoms with Crippen molar-refractivity contribution in [2.24, 2.45) is 0 Å². The molecule has 1 heterocycles. The second kappa shape index (κ2) is 5.86. The Kier molecular flexibility index (Phi) is 4.36. The van der Waals surface area contributed by atoms with Gasteiger partial charge in [-0.2, -0.15) is 0 Å². The molecule has 2 rings (SSSR count). The molecule has 2 unspecified atom stereocenters. The maximum absolute atomic E-state index is 12.3. The van der Waals surface area contributed by atoms with Crippen LogP contribution in [0.2, 0.25) is 0 Å². The highest BCUT2D eigenvalue weighted by atomic mass is 32.2. The van der Waals surface area contributed by atoms with E-state index in [9.17, 15) is 18.5 Å². The molecule has 1 fully saturated rings. The van der Waals surface area contributed by atoms with E-state index in [1.54, 1.807) is 0 Å². The Morgan fingerprint density at radius 1 is 1.40 bits per heavy atom. The zero-order chi connectivity index (χ0) is 14.8. The molecule has 1 aliphatic rings. The van der Waals surface area contributed by atoms with Crippen molar-refractivity contribution in [2.45, 2.75) is 36.7 Å². The van der Waals surface area contributed by atoms with Crippen molar-refractivity contribution in [2.75, 3.05) is 6.54 Å². The lowest BCUT2D eigenvalue weighted by molar-refractivity contribution is -0.387. The Morgan fingerprint density at radius 3 is 2.75 bits per heavy atom. The first kappa shape index (κ1) is 14.9. The van der Waals surface area contributed by atoms with Gasteiger partial charge in [0.15, 0.2) is 4.90 Å². The Balaban J connectivity index is 2.24.